The molecule has 2 aromatic carbocycles. The third-order valence-corrected chi connectivity index (χ3v) is 9.66. The van der Waals surface area contributed by atoms with Gasteiger partial charge in [-0.25, -0.2) is 4.98 Å². The topological polar surface area (TPSA) is 61.8 Å². The summed E-state index contributed by atoms with van der Waals surface area (Å²) in [7, 11) is 2.16. The average molecular weight is 590 g/mol. The summed E-state index contributed by atoms with van der Waals surface area (Å²) in [4.78, 5) is 29.2. The summed E-state index contributed by atoms with van der Waals surface area (Å²) >= 11 is 8.12. The first-order chi connectivity index (χ1) is 19.8. The van der Waals surface area contributed by atoms with Crippen LogP contribution in [-0.2, 0) is 29.0 Å². The molecule has 0 bridgehead atoms. The van der Waals surface area contributed by atoms with Crippen LogP contribution in [-0.4, -0.2) is 60.2 Å². The fourth-order valence-electron chi connectivity index (χ4n) is 6.06. The van der Waals surface area contributed by atoms with Gasteiger partial charge in [0, 0.05) is 49.7 Å². The Morgan fingerprint density at radius 1 is 1.10 bits per heavy atom. The SMILES string of the molecule is CC(=O)N1c2ccc(-c3ccc(CN(C)Cc4sc5c(N6CCOCC6)nc(Cl)nc5c4C)cc3)cc2CC[C@@H]1C. The fourth-order valence-corrected chi connectivity index (χ4v) is 7.57. The molecule has 0 spiro atoms. The monoisotopic (exact) mass is 589 g/mol. The summed E-state index contributed by atoms with van der Waals surface area (Å²) in [5.41, 5.74) is 8.09. The van der Waals surface area contributed by atoms with Gasteiger partial charge in [-0.3, -0.25) is 9.69 Å². The minimum Gasteiger partial charge on any atom is -0.378 e. The summed E-state index contributed by atoms with van der Waals surface area (Å²) in [5, 5.41) is 0.296. The Morgan fingerprint density at radius 2 is 1.83 bits per heavy atom. The van der Waals surface area contributed by atoms with E-state index in [0.717, 1.165) is 60.7 Å². The molecule has 214 valence electrons. The second-order valence-corrected chi connectivity index (χ2v) is 12.7. The summed E-state index contributed by atoms with van der Waals surface area (Å²) in [6.07, 6.45) is 1.99. The molecule has 4 aromatic rings. The highest BCUT2D eigenvalue weighted by Crippen LogP contribution is 2.38. The van der Waals surface area contributed by atoms with Gasteiger partial charge >= 0.3 is 0 Å². The number of hydrogen-bond acceptors (Lipinski definition) is 7. The molecule has 9 heteroatoms. The third-order valence-electron chi connectivity index (χ3n) is 8.23. The number of rotatable bonds is 6. The van der Waals surface area contributed by atoms with Crippen molar-refractivity contribution < 1.29 is 9.53 Å². The van der Waals surface area contributed by atoms with E-state index < -0.39 is 0 Å². The zero-order valence-corrected chi connectivity index (χ0v) is 25.7. The number of fused-ring (bicyclic) bond motifs is 2. The normalized spacial score (nSPS) is 17.4. The van der Waals surface area contributed by atoms with Crippen LogP contribution in [0.3, 0.4) is 0 Å². The second-order valence-electron chi connectivity index (χ2n) is 11.2. The minimum atomic E-state index is 0.111. The number of anilines is 2. The molecule has 2 aliphatic heterocycles. The standard InChI is InChI=1S/C32H36ClN5O2S/c1-20-5-8-26-17-25(11-12-27(26)38(20)22(3)39)24-9-6-23(7-10-24)18-36(4)19-28-21(2)29-30(41-28)31(35-32(33)34-29)37-13-15-40-16-14-37/h6-7,9-12,17,20H,5,8,13-16,18-19H2,1-4H3/t20-/m0/s1. The number of benzene rings is 2. The van der Waals surface area contributed by atoms with E-state index in [1.165, 1.54) is 32.7 Å². The van der Waals surface area contributed by atoms with Crippen LogP contribution in [0.2, 0.25) is 5.28 Å². The van der Waals surface area contributed by atoms with E-state index in [-0.39, 0.29) is 11.9 Å². The van der Waals surface area contributed by atoms with E-state index in [2.05, 4.69) is 83.1 Å². The van der Waals surface area contributed by atoms with Gasteiger partial charge in [0.1, 0.15) is 0 Å². The third kappa shape index (κ3) is 5.71. The number of ether oxygens (including phenoxy) is 1. The van der Waals surface area contributed by atoms with Gasteiger partial charge in [-0.2, -0.15) is 4.98 Å². The van der Waals surface area contributed by atoms with E-state index in [1.54, 1.807) is 18.3 Å². The summed E-state index contributed by atoms with van der Waals surface area (Å²) in [6, 6.07) is 15.6. The van der Waals surface area contributed by atoms with Gasteiger partial charge in [-0.15, -0.1) is 11.3 Å². The second kappa shape index (κ2) is 11.7. The highest BCUT2D eigenvalue weighted by atomic mass is 35.5. The van der Waals surface area contributed by atoms with Gasteiger partial charge < -0.3 is 14.5 Å². The molecule has 7 nitrogen and oxygen atoms in total. The van der Waals surface area contributed by atoms with Crippen molar-refractivity contribution in [3.63, 3.8) is 0 Å². The van der Waals surface area contributed by atoms with Gasteiger partial charge in [0.25, 0.3) is 0 Å². The van der Waals surface area contributed by atoms with Gasteiger partial charge in [-0.1, -0.05) is 30.3 Å². The zero-order valence-electron chi connectivity index (χ0n) is 24.1. The molecule has 2 aromatic heterocycles. The highest BCUT2D eigenvalue weighted by molar-refractivity contribution is 7.19. The van der Waals surface area contributed by atoms with Crippen LogP contribution in [0.25, 0.3) is 21.3 Å². The molecule has 1 amide bonds. The van der Waals surface area contributed by atoms with E-state index in [1.807, 2.05) is 4.90 Å². The summed E-state index contributed by atoms with van der Waals surface area (Å²) in [6.45, 7) is 10.6. The number of hydrogen-bond donors (Lipinski definition) is 0. The van der Waals surface area contributed by atoms with Gasteiger partial charge in [0.15, 0.2) is 5.82 Å². The maximum Gasteiger partial charge on any atom is 0.224 e. The molecule has 1 fully saturated rings. The number of morpholine rings is 1. The number of nitrogens with zero attached hydrogens (tertiary/aromatic N) is 5. The van der Waals surface area contributed by atoms with Crippen molar-refractivity contribution in [1.82, 2.24) is 14.9 Å². The number of carbonyl (C=O) groups excluding carboxylic acids is 1. The Balaban J connectivity index is 1.16. The lowest BCUT2D eigenvalue weighted by Crippen LogP contribution is -2.40. The molecule has 1 atom stereocenters. The molecule has 4 heterocycles. The molecule has 0 N–H and O–H groups in total. The van der Waals surface area contributed by atoms with E-state index >= 15 is 0 Å². The summed E-state index contributed by atoms with van der Waals surface area (Å²) < 4.78 is 6.64. The van der Waals surface area contributed by atoms with Crippen LogP contribution in [0.15, 0.2) is 42.5 Å². The Hall–Kier alpha value is -3.04. The Bertz CT molecular complexity index is 1580. The lowest BCUT2D eigenvalue weighted by molar-refractivity contribution is -0.117. The van der Waals surface area contributed by atoms with Crippen LogP contribution < -0.4 is 9.80 Å². The fraction of sp³-hybridized carbons (Fsp3) is 0.406. The lowest BCUT2D eigenvalue weighted by atomic mass is 9.93. The predicted octanol–water partition coefficient (Wildman–Crippen LogP) is 6.48. The Labute approximate surface area is 250 Å². The minimum absolute atomic E-state index is 0.111. The molecule has 6 rings (SSSR count). The molecule has 0 unspecified atom stereocenters. The summed E-state index contributed by atoms with van der Waals surface area (Å²) in [5.74, 6) is 1.03. The van der Waals surface area contributed by atoms with Crippen LogP contribution in [0, 0.1) is 6.92 Å². The van der Waals surface area contributed by atoms with E-state index in [0.29, 0.717) is 18.5 Å². The number of thiophene rings is 1. The van der Waals surface area contributed by atoms with Gasteiger partial charge in [0.05, 0.1) is 23.4 Å². The smallest absolute Gasteiger partial charge is 0.224 e. The van der Waals surface area contributed by atoms with Gasteiger partial charge in [-0.05, 0) is 85.3 Å². The number of aryl methyl sites for hydroxylation is 2. The largest absolute Gasteiger partial charge is 0.378 e. The maximum absolute atomic E-state index is 12.2. The molecule has 41 heavy (non-hydrogen) atoms. The molecule has 0 aliphatic carbocycles. The van der Waals surface area contributed by atoms with Crippen LogP contribution in [0.5, 0.6) is 0 Å². The van der Waals surface area contributed by atoms with Crippen LogP contribution in [0.1, 0.15) is 41.8 Å². The first-order valence-electron chi connectivity index (χ1n) is 14.3. The maximum atomic E-state index is 12.2. The van der Waals surface area contributed by atoms with Crippen molar-refractivity contribution in [2.45, 2.75) is 52.7 Å². The average Bonchev–Trinajstić information content (AvgIpc) is 3.27. The molecule has 2 aliphatic rings. The zero-order chi connectivity index (χ0) is 28.7. The van der Waals surface area contributed by atoms with Crippen molar-refractivity contribution in [2.75, 3.05) is 43.2 Å². The van der Waals surface area contributed by atoms with Gasteiger partial charge in [0.2, 0.25) is 11.2 Å². The van der Waals surface area contributed by atoms with Crippen molar-refractivity contribution in [3.05, 3.63) is 69.3 Å². The molecular formula is C32H36ClN5O2S. The molecule has 0 saturated carbocycles. The number of halogens is 1. The highest BCUT2D eigenvalue weighted by Gasteiger charge is 2.26. The van der Waals surface area contributed by atoms with Crippen molar-refractivity contribution in [2.24, 2.45) is 0 Å². The molecular weight excluding hydrogens is 554 g/mol. The number of carbonyl (C=O) groups is 1. The number of amides is 1. The number of aromatic nitrogens is 2. The van der Waals surface area contributed by atoms with E-state index in [9.17, 15) is 4.79 Å². The molecule has 0 radical (unpaired) electrons. The Kier molecular flexibility index (Phi) is 8.01. The lowest BCUT2D eigenvalue weighted by Gasteiger charge is -2.34. The first kappa shape index (κ1) is 28.1. The quantitative estimate of drug-likeness (QED) is 0.240. The van der Waals surface area contributed by atoms with Crippen LogP contribution >= 0.6 is 22.9 Å². The van der Waals surface area contributed by atoms with E-state index in [4.69, 9.17) is 16.3 Å². The van der Waals surface area contributed by atoms with Crippen molar-refractivity contribution >= 4 is 50.6 Å². The van der Waals surface area contributed by atoms with Crippen molar-refractivity contribution in [1.29, 1.82) is 0 Å². The molecule has 1 saturated heterocycles. The predicted molar refractivity (Wildman–Crippen MR) is 168 cm³/mol. The van der Waals surface area contributed by atoms with Crippen LogP contribution in [0.4, 0.5) is 11.5 Å². The Morgan fingerprint density at radius 3 is 2.56 bits per heavy atom. The van der Waals surface area contributed by atoms with Crippen molar-refractivity contribution in [3.8, 4) is 11.1 Å². The first-order valence-corrected chi connectivity index (χ1v) is 15.5.